The Morgan fingerprint density at radius 2 is 1.92 bits per heavy atom. The largest absolute Gasteiger partial charge is 0.493 e. The molecule has 0 aliphatic carbocycles. The molecular weight excluding hydrogens is 384 g/mol. The van der Waals surface area contributed by atoms with Crippen molar-refractivity contribution < 1.29 is 9.47 Å². The van der Waals surface area contributed by atoms with Gasteiger partial charge in [-0.3, -0.25) is 9.98 Å². The second kappa shape index (κ2) is 9.88. The molecule has 0 atom stereocenters. The van der Waals surface area contributed by atoms with E-state index in [4.69, 9.17) is 9.47 Å². The number of aromatic nitrogens is 1. The first kappa shape index (κ1) is 19.1. The Balaban J connectivity index is 1.90. The molecule has 1 aromatic heterocycles. The van der Waals surface area contributed by atoms with Gasteiger partial charge in [0.15, 0.2) is 17.5 Å². The summed E-state index contributed by atoms with van der Waals surface area (Å²) < 4.78 is 11.6. The Morgan fingerprint density at radius 1 is 1.16 bits per heavy atom. The third kappa shape index (κ3) is 5.63. The third-order valence-corrected chi connectivity index (χ3v) is 4.36. The van der Waals surface area contributed by atoms with E-state index >= 15 is 0 Å². The van der Waals surface area contributed by atoms with Crippen molar-refractivity contribution in [3.63, 3.8) is 0 Å². The summed E-state index contributed by atoms with van der Waals surface area (Å²) >= 11 is 3.56. The van der Waals surface area contributed by atoms with Gasteiger partial charge in [-0.15, -0.1) is 0 Å². The lowest BCUT2D eigenvalue weighted by molar-refractivity contribution is 0.354. The van der Waals surface area contributed by atoms with Gasteiger partial charge in [0.1, 0.15) is 0 Å². The standard InChI is InChI=1S/C18H23BrN4O2/c1-20-18(22-9-7-14-6-4-5-8-21-14)23-12-13-10-16(24-2)17(25-3)11-15(13)19/h4-6,8,10-11H,7,9,12H2,1-3H3,(H2,20,22,23). The summed E-state index contributed by atoms with van der Waals surface area (Å²) in [6.45, 7) is 1.36. The van der Waals surface area contributed by atoms with Crippen molar-refractivity contribution in [1.29, 1.82) is 0 Å². The van der Waals surface area contributed by atoms with Crippen molar-refractivity contribution >= 4 is 21.9 Å². The molecule has 0 fully saturated rings. The highest BCUT2D eigenvalue weighted by molar-refractivity contribution is 9.10. The highest BCUT2D eigenvalue weighted by Gasteiger charge is 2.10. The van der Waals surface area contributed by atoms with E-state index in [9.17, 15) is 0 Å². The predicted octanol–water partition coefficient (Wildman–Crippen LogP) is 2.77. The van der Waals surface area contributed by atoms with Crippen LogP contribution in [0, 0.1) is 0 Å². The molecule has 0 radical (unpaired) electrons. The van der Waals surface area contributed by atoms with Gasteiger partial charge in [0, 0.05) is 42.9 Å². The molecule has 2 aromatic rings. The minimum atomic E-state index is 0.601. The van der Waals surface area contributed by atoms with E-state index in [1.807, 2.05) is 30.3 Å². The lowest BCUT2D eigenvalue weighted by Gasteiger charge is -2.15. The van der Waals surface area contributed by atoms with Crippen LogP contribution < -0.4 is 20.1 Å². The number of aliphatic imine (C=N–C) groups is 1. The highest BCUT2D eigenvalue weighted by Crippen LogP contribution is 2.33. The summed E-state index contributed by atoms with van der Waals surface area (Å²) in [5, 5.41) is 6.58. The number of hydrogen-bond acceptors (Lipinski definition) is 4. The van der Waals surface area contributed by atoms with Gasteiger partial charge in [0.25, 0.3) is 0 Å². The van der Waals surface area contributed by atoms with Gasteiger partial charge in [-0.1, -0.05) is 22.0 Å². The summed E-state index contributed by atoms with van der Waals surface area (Å²) in [5.41, 5.74) is 2.10. The van der Waals surface area contributed by atoms with Crippen LogP contribution in [0.1, 0.15) is 11.3 Å². The monoisotopic (exact) mass is 406 g/mol. The lowest BCUT2D eigenvalue weighted by Crippen LogP contribution is -2.38. The Kier molecular flexibility index (Phi) is 7.53. The van der Waals surface area contributed by atoms with Crippen molar-refractivity contribution in [2.45, 2.75) is 13.0 Å². The number of guanidine groups is 1. The molecule has 7 heteroatoms. The lowest BCUT2D eigenvalue weighted by atomic mass is 10.2. The number of benzene rings is 1. The zero-order valence-electron chi connectivity index (χ0n) is 14.7. The first-order valence-corrected chi connectivity index (χ1v) is 8.72. The summed E-state index contributed by atoms with van der Waals surface area (Å²) in [6.07, 6.45) is 2.64. The smallest absolute Gasteiger partial charge is 0.191 e. The van der Waals surface area contributed by atoms with Gasteiger partial charge in [-0.05, 0) is 29.8 Å². The highest BCUT2D eigenvalue weighted by atomic mass is 79.9. The predicted molar refractivity (Wildman–Crippen MR) is 103 cm³/mol. The number of hydrogen-bond donors (Lipinski definition) is 2. The Labute approximate surface area is 156 Å². The van der Waals surface area contributed by atoms with E-state index < -0.39 is 0 Å². The van der Waals surface area contributed by atoms with Gasteiger partial charge in [-0.2, -0.15) is 0 Å². The van der Waals surface area contributed by atoms with Crippen molar-refractivity contribution in [3.05, 3.63) is 52.3 Å². The molecule has 2 N–H and O–H groups in total. The zero-order chi connectivity index (χ0) is 18.1. The quantitative estimate of drug-likeness (QED) is 0.546. The second-order valence-corrected chi connectivity index (χ2v) is 6.08. The van der Waals surface area contributed by atoms with Gasteiger partial charge < -0.3 is 20.1 Å². The molecule has 0 amide bonds. The van der Waals surface area contributed by atoms with E-state index in [2.05, 4.69) is 36.5 Å². The first-order valence-electron chi connectivity index (χ1n) is 7.92. The molecule has 0 unspecified atom stereocenters. The normalized spacial score (nSPS) is 11.1. The number of ether oxygens (including phenoxy) is 2. The number of rotatable bonds is 7. The minimum absolute atomic E-state index is 0.601. The average Bonchev–Trinajstić information content (AvgIpc) is 2.65. The Hall–Kier alpha value is -2.28. The van der Waals surface area contributed by atoms with Crippen LogP contribution in [0.3, 0.4) is 0 Å². The van der Waals surface area contributed by atoms with E-state index in [1.54, 1.807) is 27.5 Å². The maximum Gasteiger partial charge on any atom is 0.191 e. The van der Waals surface area contributed by atoms with Crippen LogP contribution in [0.4, 0.5) is 0 Å². The van der Waals surface area contributed by atoms with E-state index in [1.165, 1.54) is 0 Å². The maximum atomic E-state index is 5.35. The second-order valence-electron chi connectivity index (χ2n) is 5.22. The number of methoxy groups -OCH3 is 2. The maximum absolute atomic E-state index is 5.35. The van der Waals surface area contributed by atoms with Gasteiger partial charge in [0.2, 0.25) is 0 Å². The summed E-state index contributed by atoms with van der Waals surface area (Å²) in [6, 6.07) is 9.76. The molecule has 1 aromatic carbocycles. The fourth-order valence-electron chi connectivity index (χ4n) is 2.29. The van der Waals surface area contributed by atoms with Crippen LogP contribution in [-0.2, 0) is 13.0 Å². The van der Waals surface area contributed by atoms with Gasteiger partial charge >= 0.3 is 0 Å². The van der Waals surface area contributed by atoms with Crippen LogP contribution in [0.2, 0.25) is 0 Å². The van der Waals surface area contributed by atoms with Crippen LogP contribution in [-0.4, -0.2) is 38.8 Å². The van der Waals surface area contributed by atoms with E-state index in [0.717, 1.165) is 34.7 Å². The van der Waals surface area contributed by atoms with Gasteiger partial charge in [-0.25, -0.2) is 0 Å². The van der Waals surface area contributed by atoms with Crippen molar-refractivity contribution in [2.75, 3.05) is 27.8 Å². The first-order chi connectivity index (χ1) is 12.2. The van der Waals surface area contributed by atoms with Crippen LogP contribution in [0.15, 0.2) is 46.0 Å². The summed E-state index contributed by atoms with van der Waals surface area (Å²) in [7, 11) is 5.00. The molecule has 0 aliphatic rings. The number of nitrogens with zero attached hydrogens (tertiary/aromatic N) is 2. The summed E-state index contributed by atoms with van der Waals surface area (Å²) in [4.78, 5) is 8.55. The van der Waals surface area contributed by atoms with Crippen LogP contribution in [0.25, 0.3) is 0 Å². The molecule has 134 valence electrons. The van der Waals surface area contributed by atoms with Crippen LogP contribution in [0.5, 0.6) is 11.5 Å². The minimum Gasteiger partial charge on any atom is -0.493 e. The molecule has 0 spiro atoms. The number of pyridine rings is 1. The third-order valence-electron chi connectivity index (χ3n) is 3.62. The molecule has 25 heavy (non-hydrogen) atoms. The summed E-state index contributed by atoms with van der Waals surface area (Å²) in [5.74, 6) is 2.12. The molecule has 0 aliphatic heterocycles. The molecular formula is C18H23BrN4O2. The fourth-order valence-corrected chi connectivity index (χ4v) is 2.75. The van der Waals surface area contributed by atoms with E-state index in [-0.39, 0.29) is 0 Å². The molecule has 6 nitrogen and oxygen atoms in total. The Morgan fingerprint density at radius 3 is 2.56 bits per heavy atom. The molecule has 0 saturated heterocycles. The Bertz CT molecular complexity index is 708. The molecule has 2 rings (SSSR count). The molecule has 0 bridgehead atoms. The average molecular weight is 407 g/mol. The molecule has 1 heterocycles. The van der Waals surface area contributed by atoms with E-state index in [0.29, 0.717) is 18.0 Å². The fraction of sp³-hybridized carbons (Fsp3) is 0.333. The van der Waals surface area contributed by atoms with Crippen LogP contribution >= 0.6 is 15.9 Å². The number of nitrogens with one attached hydrogen (secondary N) is 2. The van der Waals surface area contributed by atoms with Crippen molar-refractivity contribution in [3.8, 4) is 11.5 Å². The molecule has 0 saturated carbocycles. The zero-order valence-corrected chi connectivity index (χ0v) is 16.3. The van der Waals surface area contributed by atoms with Gasteiger partial charge in [0.05, 0.1) is 14.2 Å². The van der Waals surface area contributed by atoms with Crippen molar-refractivity contribution in [1.82, 2.24) is 15.6 Å². The number of halogens is 1. The van der Waals surface area contributed by atoms with Crippen molar-refractivity contribution in [2.24, 2.45) is 4.99 Å². The SMILES string of the molecule is CN=C(NCCc1ccccn1)NCc1cc(OC)c(OC)cc1Br. The topological polar surface area (TPSA) is 67.8 Å².